The van der Waals surface area contributed by atoms with Crippen LogP contribution < -0.4 is 0 Å². The van der Waals surface area contributed by atoms with Gasteiger partial charge in [-0.1, -0.05) is 176 Å². The molecule has 2 heterocycles. The van der Waals surface area contributed by atoms with Gasteiger partial charge in [0.1, 0.15) is 0 Å². The van der Waals surface area contributed by atoms with Crippen LogP contribution in [0.15, 0.2) is 243 Å². The minimum atomic E-state index is 1.15. The predicted molar refractivity (Wildman–Crippen MR) is 262 cm³/mol. The fourth-order valence-corrected chi connectivity index (χ4v) is 9.51. The van der Waals surface area contributed by atoms with Gasteiger partial charge in [-0.3, -0.25) is 0 Å². The molecule has 0 radical (unpaired) electrons. The molecule has 0 spiro atoms. The fraction of sp³-hybridized carbons (Fsp3) is 0. The Labute approximate surface area is 360 Å². The molecular weight excluding hydrogens is 749 g/mol. The van der Waals surface area contributed by atoms with Crippen LogP contribution in [0, 0.1) is 0 Å². The van der Waals surface area contributed by atoms with Gasteiger partial charge in [-0.15, -0.1) is 0 Å². The number of fused-ring (bicyclic) bond motifs is 6. The molecule has 2 nitrogen and oxygen atoms in total. The zero-order valence-electron chi connectivity index (χ0n) is 34.0. The molecule has 0 bridgehead atoms. The molecule has 0 amide bonds. The van der Waals surface area contributed by atoms with E-state index in [0.717, 1.165) is 11.4 Å². The minimum Gasteiger partial charge on any atom is -0.309 e. The molecule has 290 valence electrons. The Morgan fingerprint density at radius 2 is 0.516 bits per heavy atom. The van der Waals surface area contributed by atoms with Gasteiger partial charge in [0.2, 0.25) is 0 Å². The summed E-state index contributed by atoms with van der Waals surface area (Å²) < 4.78 is 4.84. The summed E-state index contributed by atoms with van der Waals surface area (Å²) in [7, 11) is 0. The van der Waals surface area contributed by atoms with E-state index in [4.69, 9.17) is 0 Å². The monoisotopic (exact) mass is 788 g/mol. The Kier molecular flexibility index (Phi) is 8.53. The molecule has 0 atom stereocenters. The average molecular weight is 789 g/mol. The lowest BCUT2D eigenvalue weighted by molar-refractivity contribution is 1.18. The van der Waals surface area contributed by atoms with Gasteiger partial charge in [0.15, 0.2) is 0 Å². The normalized spacial score (nSPS) is 11.5. The van der Waals surface area contributed by atoms with Crippen molar-refractivity contribution in [2.75, 3.05) is 0 Å². The van der Waals surface area contributed by atoms with E-state index in [-0.39, 0.29) is 0 Å². The minimum absolute atomic E-state index is 1.15. The molecule has 2 aromatic heterocycles. The van der Waals surface area contributed by atoms with Gasteiger partial charge < -0.3 is 9.13 Å². The molecule has 10 aromatic carbocycles. The predicted octanol–water partition coefficient (Wildman–Crippen LogP) is 16.2. The van der Waals surface area contributed by atoms with Crippen LogP contribution in [0.4, 0.5) is 0 Å². The van der Waals surface area contributed by atoms with Gasteiger partial charge in [0, 0.05) is 32.9 Å². The number of hydrogen-bond donors (Lipinski definition) is 0. The number of aromatic nitrogens is 2. The van der Waals surface area contributed by atoms with E-state index in [1.165, 1.54) is 99.2 Å². The third-order valence-electron chi connectivity index (χ3n) is 12.5. The molecule has 62 heavy (non-hydrogen) atoms. The Morgan fingerprint density at radius 1 is 0.177 bits per heavy atom. The van der Waals surface area contributed by atoms with E-state index in [0.29, 0.717) is 0 Å². The lowest BCUT2D eigenvalue weighted by Gasteiger charge is -2.14. The van der Waals surface area contributed by atoms with Crippen LogP contribution in [0.25, 0.3) is 111 Å². The van der Waals surface area contributed by atoms with E-state index in [1.54, 1.807) is 0 Å². The van der Waals surface area contributed by atoms with Crippen LogP contribution >= 0.6 is 0 Å². The molecule has 12 rings (SSSR count). The molecule has 0 N–H and O–H groups in total. The van der Waals surface area contributed by atoms with Crippen LogP contribution in [0.1, 0.15) is 0 Å². The molecule has 0 aliphatic carbocycles. The van der Waals surface area contributed by atoms with Crippen molar-refractivity contribution in [1.82, 2.24) is 9.13 Å². The van der Waals surface area contributed by atoms with Crippen molar-refractivity contribution in [1.29, 1.82) is 0 Å². The highest BCUT2D eigenvalue weighted by molar-refractivity contribution is 6.12. The topological polar surface area (TPSA) is 9.86 Å². The molecule has 0 saturated heterocycles. The van der Waals surface area contributed by atoms with Gasteiger partial charge in [-0.25, -0.2) is 0 Å². The van der Waals surface area contributed by atoms with Gasteiger partial charge in [-0.05, 0) is 122 Å². The Hall–Kier alpha value is -8.20. The first-order valence-electron chi connectivity index (χ1n) is 21.3. The summed E-state index contributed by atoms with van der Waals surface area (Å²) in [6.07, 6.45) is 0. The summed E-state index contributed by atoms with van der Waals surface area (Å²) in [5.41, 5.74) is 19.1. The Bertz CT molecular complexity index is 3540. The smallest absolute Gasteiger partial charge is 0.0541 e. The van der Waals surface area contributed by atoms with Crippen LogP contribution in [0.3, 0.4) is 0 Å². The number of benzene rings is 10. The van der Waals surface area contributed by atoms with Gasteiger partial charge >= 0.3 is 0 Å². The van der Waals surface area contributed by atoms with Gasteiger partial charge in [0.25, 0.3) is 0 Å². The molecule has 0 saturated carbocycles. The van der Waals surface area contributed by atoms with E-state index in [1.807, 2.05) is 0 Å². The molecule has 12 aromatic rings. The largest absolute Gasteiger partial charge is 0.309 e. The van der Waals surface area contributed by atoms with E-state index in [2.05, 4.69) is 252 Å². The summed E-state index contributed by atoms with van der Waals surface area (Å²) in [6.45, 7) is 0. The highest BCUT2D eigenvalue weighted by Crippen LogP contribution is 2.40. The van der Waals surface area contributed by atoms with Crippen molar-refractivity contribution < 1.29 is 0 Å². The standard InChI is InChI=1S/C60H40N2/c1-4-15-41(16-5-1)46-21-14-22-51(36-46)61-57-25-12-10-23-53(57)55-39-47(31-33-59(55)61)44-27-29-45(30-28-44)48-32-34-60-56(40-48)54-24-11-13-26-58(54)62(60)52-37-49(42-17-6-2-7-18-42)35-50(38-52)43-19-8-3-9-20-43/h1-40H. The number of nitrogens with zero attached hydrogens (tertiary/aromatic N) is 2. The summed E-state index contributed by atoms with van der Waals surface area (Å²) in [5, 5.41) is 4.98. The molecule has 0 fully saturated rings. The summed E-state index contributed by atoms with van der Waals surface area (Å²) in [5.74, 6) is 0. The van der Waals surface area contributed by atoms with Crippen molar-refractivity contribution in [3.63, 3.8) is 0 Å². The van der Waals surface area contributed by atoms with Crippen LogP contribution in [0.5, 0.6) is 0 Å². The third-order valence-corrected chi connectivity index (χ3v) is 12.5. The van der Waals surface area contributed by atoms with Gasteiger partial charge in [0.05, 0.1) is 22.1 Å². The molecule has 2 heteroatoms. The van der Waals surface area contributed by atoms with Crippen molar-refractivity contribution in [3.05, 3.63) is 243 Å². The zero-order valence-corrected chi connectivity index (χ0v) is 34.0. The Morgan fingerprint density at radius 3 is 1.02 bits per heavy atom. The molecule has 0 unspecified atom stereocenters. The van der Waals surface area contributed by atoms with Crippen LogP contribution in [0.2, 0.25) is 0 Å². The molecule has 0 aliphatic rings. The highest BCUT2D eigenvalue weighted by Gasteiger charge is 2.17. The maximum absolute atomic E-state index is 2.43. The number of para-hydroxylation sites is 2. The molecular formula is C60H40N2. The highest BCUT2D eigenvalue weighted by atomic mass is 15.0. The Balaban J connectivity index is 0.923. The van der Waals surface area contributed by atoms with E-state index >= 15 is 0 Å². The summed E-state index contributed by atoms with van der Waals surface area (Å²) in [4.78, 5) is 0. The quantitative estimate of drug-likeness (QED) is 0.152. The van der Waals surface area contributed by atoms with Crippen molar-refractivity contribution >= 4 is 43.6 Å². The van der Waals surface area contributed by atoms with E-state index < -0.39 is 0 Å². The first-order valence-corrected chi connectivity index (χ1v) is 21.3. The van der Waals surface area contributed by atoms with Crippen LogP contribution in [-0.4, -0.2) is 9.13 Å². The second kappa shape index (κ2) is 14.8. The molecule has 0 aliphatic heterocycles. The maximum atomic E-state index is 2.43. The average Bonchev–Trinajstić information content (AvgIpc) is 3.87. The van der Waals surface area contributed by atoms with Crippen molar-refractivity contribution in [2.45, 2.75) is 0 Å². The first kappa shape index (κ1) is 35.7. The van der Waals surface area contributed by atoms with Crippen LogP contribution in [-0.2, 0) is 0 Å². The van der Waals surface area contributed by atoms with Crippen molar-refractivity contribution in [2.24, 2.45) is 0 Å². The third kappa shape index (κ3) is 6.12. The zero-order chi connectivity index (χ0) is 41.0. The summed E-state index contributed by atoms with van der Waals surface area (Å²) >= 11 is 0. The number of rotatable bonds is 7. The van der Waals surface area contributed by atoms with Crippen molar-refractivity contribution in [3.8, 4) is 67.0 Å². The second-order valence-corrected chi connectivity index (χ2v) is 16.2. The fourth-order valence-electron chi connectivity index (χ4n) is 9.51. The van der Waals surface area contributed by atoms with Gasteiger partial charge in [-0.2, -0.15) is 0 Å². The van der Waals surface area contributed by atoms with E-state index in [9.17, 15) is 0 Å². The lowest BCUT2D eigenvalue weighted by atomic mass is 9.97. The number of hydrogen-bond acceptors (Lipinski definition) is 0. The summed E-state index contributed by atoms with van der Waals surface area (Å²) in [6, 6.07) is 88.4. The SMILES string of the molecule is c1ccc(-c2cccc(-n3c4ccccc4c4cc(-c5ccc(-c6ccc7c(c6)c6ccccc6n7-c6cc(-c7ccccc7)cc(-c7ccccc7)c6)cc5)ccc43)c2)cc1. The second-order valence-electron chi connectivity index (χ2n) is 16.2. The maximum Gasteiger partial charge on any atom is 0.0541 e. The lowest BCUT2D eigenvalue weighted by Crippen LogP contribution is -1.96. The first-order chi connectivity index (χ1) is 30.7.